The van der Waals surface area contributed by atoms with E-state index in [9.17, 15) is 0 Å². The van der Waals surface area contributed by atoms with Crippen LogP contribution in [0.25, 0.3) is 11.0 Å². The Hall–Kier alpha value is -1.92. The van der Waals surface area contributed by atoms with E-state index in [2.05, 4.69) is 21.2 Å². The molecule has 0 aliphatic carbocycles. The van der Waals surface area contributed by atoms with E-state index in [1.165, 1.54) is 0 Å². The number of para-hydroxylation sites is 2. The third kappa shape index (κ3) is 2.61. The Morgan fingerprint density at radius 2 is 2.12 bits per heavy atom. The fourth-order valence-corrected chi connectivity index (χ4v) is 1.81. The van der Waals surface area contributed by atoms with E-state index < -0.39 is 0 Å². The van der Waals surface area contributed by atoms with Gasteiger partial charge in [-0.3, -0.25) is 4.98 Å². The normalized spacial score (nSPS) is 12.2. The van der Waals surface area contributed by atoms with Crippen LogP contribution in [0, 0.1) is 12.3 Å². The quantitative estimate of drug-likeness (QED) is 0.811. The van der Waals surface area contributed by atoms with Crippen LogP contribution in [-0.4, -0.2) is 17.0 Å². The fourth-order valence-electron chi connectivity index (χ4n) is 1.81. The zero-order chi connectivity index (χ0) is 12.1. The van der Waals surface area contributed by atoms with Gasteiger partial charge in [0.1, 0.15) is 0 Å². The van der Waals surface area contributed by atoms with Gasteiger partial charge in [0.05, 0.1) is 29.0 Å². The van der Waals surface area contributed by atoms with Crippen LogP contribution in [0.5, 0.6) is 0 Å². The SMILES string of the molecule is C#CCCC(NC)c1cnc2ccccc2n1. The lowest BCUT2D eigenvalue weighted by atomic mass is 10.1. The van der Waals surface area contributed by atoms with Gasteiger partial charge in [-0.1, -0.05) is 12.1 Å². The molecule has 0 saturated heterocycles. The van der Waals surface area contributed by atoms with Gasteiger partial charge in [-0.25, -0.2) is 4.98 Å². The van der Waals surface area contributed by atoms with E-state index in [4.69, 9.17) is 6.42 Å². The summed E-state index contributed by atoms with van der Waals surface area (Å²) in [6, 6.07) is 8.03. The zero-order valence-corrected chi connectivity index (χ0v) is 9.85. The van der Waals surface area contributed by atoms with Crippen LogP contribution in [0.15, 0.2) is 30.5 Å². The van der Waals surface area contributed by atoms with Gasteiger partial charge in [-0.2, -0.15) is 0 Å². The number of nitrogens with zero attached hydrogens (tertiary/aromatic N) is 2. The molecule has 1 atom stereocenters. The van der Waals surface area contributed by atoms with Gasteiger partial charge in [-0.15, -0.1) is 12.3 Å². The second kappa shape index (κ2) is 5.42. The van der Waals surface area contributed by atoms with E-state index in [1.807, 2.05) is 37.5 Å². The van der Waals surface area contributed by atoms with Crippen molar-refractivity contribution in [2.75, 3.05) is 7.05 Å². The summed E-state index contributed by atoms with van der Waals surface area (Å²) in [5, 5.41) is 3.22. The lowest BCUT2D eigenvalue weighted by Crippen LogP contribution is -2.17. The van der Waals surface area contributed by atoms with E-state index in [0.29, 0.717) is 0 Å². The number of nitrogens with one attached hydrogen (secondary N) is 1. The highest BCUT2D eigenvalue weighted by molar-refractivity contribution is 5.73. The third-order valence-corrected chi connectivity index (χ3v) is 2.75. The number of fused-ring (bicyclic) bond motifs is 1. The first kappa shape index (κ1) is 11.6. The number of benzene rings is 1. The predicted molar refractivity (Wildman–Crippen MR) is 69.4 cm³/mol. The molecule has 0 aliphatic heterocycles. The maximum absolute atomic E-state index is 5.29. The molecule has 0 radical (unpaired) electrons. The van der Waals surface area contributed by atoms with Gasteiger partial charge in [0.2, 0.25) is 0 Å². The Bertz CT molecular complexity index is 542. The summed E-state index contributed by atoms with van der Waals surface area (Å²) in [5.41, 5.74) is 2.79. The zero-order valence-electron chi connectivity index (χ0n) is 9.85. The van der Waals surface area contributed by atoms with Crippen LogP contribution in [0.1, 0.15) is 24.6 Å². The Morgan fingerprint density at radius 3 is 2.82 bits per heavy atom. The summed E-state index contributed by atoms with van der Waals surface area (Å²) < 4.78 is 0. The maximum atomic E-state index is 5.29. The smallest absolute Gasteiger partial charge is 0.0890 e. The fraction of sp³-hybridized carbons (Fsp3) is 0.286. The van der Waals surface area contributed by atoms with E-state index in [-0.39, 0.29) is 6.04 Å². The maximum Gasteiger partial charge on any atom is 0.0890 e. The average Bonchev–Trinajstić information content (AvgIpc) is 2.39. The summed E-state index contributed by atoms with van der Waals surface area (Å²) in [6.07, 6.45) is 8.72. The molecule has 1 unspecified atom stereocenters. The van der Waals surface area contributed by atoms with Gasteiger partial charge >= 0.3 is 0 Å². The molecule has 0 amide bonds. The molecule has 0 bridgehead atoms. The average molecular weight is 225 g/mol. The van der Waals surface area contributed by atoms with Crippen LogP contribution in [0.2, 0.25) is 0 Å². The molecule has 2 aromatic rings. The minimum atomic E-state index is 0.170. The molecule has 3 heteroatoms. The van der Waals surface area contributed by atoms with Crippen LogP contribution in [0.3, 0.4) is 0 Å². The minimum absolute atomic E-state index is 0.170. The molecule has 0 fully saturated rings. The lowest BCUT2D eigenvalue weighted by molar-refractivity contribution is 0.544. The number of terminal acetylenes is 1. The number of rotatable bonds is 4. The molecular formula is C14H15N3. The Morgan fingerprint density at radius 1 is 1.35 bits per heavy atom. The van der Waals surface area contributed by atoms with Gasteiger partial charge in [-0.05, 0) is 25.6 Å². The third-order valence-electron chi connectivity index (χ3n) is 2.75. The molecule has 0 spiro atoms. The molecule has 1 N–H and O–H groups in total. The highest BCUT2D eigenvalue weighted by Gasteiger charge is 2.10. The Labute approximate surface area is 101 Å². The number of hydrogen-bond donors (Lipinski definition) is 1. The highest BCUT2D eigenvalue weighted by atomic mass is 14.9. The van der Waals surface area contributed by atoms with Crippen molar-refractivity contribution in [2.45, 2.75) is 18.9 Å². The molecule has 1 heterocycles. The lowest BCUT2D eigenvalue weighted by Gasteiger charge is -2.14. The van der Waals surface area contributed by atoms with Crippen LogP contribution >= 0.6 is 0 Å². The van der Waals surface area contributed by atoms with Crippen LogP contribution < -0.4 is 5.32 Å². The summed E-state index contributed by atoms with van der Waals surface area (Å²) in [4.78, 5) is 9.01. The van der Waals surface area contributed by atoms with Crippen molar-refractivity contribution in [1.82, 2.24) is 15.3 Å². The molecule has 0 saturated carbocycles. The Balaban J connectivity index is 2.31. The van der Waals surface area contributed by atoms with Crippen molar-refractivity contribution >= 4 is 11.0 Å². The number of hydrogen-bond acceptors (Lipinski definition) is 3. The monoisotopic (exact) mass is 225 g/mol. The molecule has 1 aromatic heterocycles. The van der Waals surface area contributed by atoms with Gasteiger partial charge in [0.25, 0.3) is 0 Å². The van der Waals surface area contributed by atoms with Crippen LogP contribution in [-0.2, 0) is 0 Å². The summed E-state index contributed by atoms with van der Waals surface area (Å²) in [5.74, 6) is 2.65. The first-order valence-electron chi connectivity index (χ1n) is 5.67. The van der Waals surface area contributed by atoms with Gasteiger partial charge in [0.15, 0.2) is 0 Å². The molecule has 0 aliphatic rings. The van der Waals surface area contributed by atoms with Gasteiger partial charge in [0, 0.05) is 6.42 Å². The van der Waals surface area contributed by atoms with Crippen molar-refractivity contribution < 1.29 is 0 Å². The second-order valence-electron chi connectivity index (χ2n) is 3.87. The summed E-state index contributed by atoms with van der Waals surface area (Å²) in [7, 11) is 1.91. The number of aromatic nitrogens is 2. The topological polar surface area (TPSA) is 37.8 Å². The molecule has 17 heavy (non-hydrogen) atoms. The molecule has 1 aromatic carbocycles. The van der Waals surface area contributed by atoms with Crippen molar-refractivity contribution in [3.8, 4) is 12.3 Å². The molecule has 2 rings (SSSR count). The van der Waals surface area contributed by atoms with Crippen molar-refractivity contribution in [3.63, 3.8) is 0 Å². The standard InChI is InChI=1S/C14H15N3/c1-3-4-7-11(15-2)14-10-16-12-8-5-6-9-13(12)17-14/h1,5-6,8-11,15H,4,7H2,2H3. The molecule has 3 nitrogen and oxygen atoms in total. The van der Waals surface area contributed by atoms with Crippen LogP contribution in [0.4, 0.5) is 0 Å². The summed E-state index contributed by atoms with van der Waals surface area (Å²) >= 11 is 0. The van der Waals surface area contributed by atoms with Crippen molar-refractivity contribution in [3.05, 3.63) is 36.2 Å². The van der Waals surface area contributed by atoms with Crippen molar-refractivity contribution in [1.29, 1.82) is 0 Å². The van der Waals surface area contributed by atoms with Gasteiger partial charge < -0.3 is 5.32 Å². The largest absolute Gasteiger partial charge is 0.312 e. The van der Waals surface area contributed by atoms with E-state index in [0.717, 1.165) is 29.6 Å². The van der Waals surface area contributed by atoms with E-state index in [1.54, 1.807) is 0 Å². The van der Waals surface area contributed by atoms with Crippen molar-refractivity contribution in [2.24, 2.45) is 0 Å². The molecular weight excluding hydrogens is 210 g/mol. The molecule has 86 valence electrons. The predicted octanol–water partition coefficient (Wildman–Crippen LogP) is 2.30. The first-order chi connectivity index (χ1) is 8.35. The second-order valence-corrected chi connectivity index (χ2v) is 3.87. The first-order valence-corrected chi connectivity index (χ1v) is 5.67. The highest BCUT2D eigenvalue weighted by Crippen LogP contribution is 2.17. The van der Waals surface area contributed by atoms with E-state index >= 15 is 0 Å². The minimum Gasteiger partial charge on any atom is -0.312 e. The summed E-state index contributed by atoms with van der Waals surface area (Å²) in [6.45, 7) is 0. The Kier molecular flexibility index (Phi) is 3.69.